The molecule has 0 radical (unpaired) electrons. The maximum atomic E-state index is 13.8. The van der Waals surface area contributed by atoms with E-state index in [-0.39, 0.29) is 22.7 Å². The second-order valence-corrected chi connectivity index (χ2v) is 3.81. The Morgan fingerprint density at radius 3 is 2.53 bits per heavy atom. The van der Waals surface area contributed by atoms with Crippen molar-refractivity contribution in [3.05, 3.63) is 35.5 Å². The number of aryl methyl sites for hydroxylation is 1. The van der Waals surface area contributed by atoms with Crippen molar-refractivity contribution in [3.63, 3.8) is 0 Å². The number of aromatic nitrogens is 2. The molecule has 0 fully saturated rings. The van der Waals surface area contributed by atoms with Crippen molar-refractivity contribution in [2.75, 3.05) is 7.11 Å². The number of carboxylic acids is 1. The molecule has 5 nitrogen and oxygen atoms in total. The molecule has 0 bridgehead atoms. The molecule has 0 amide bonds. The van der Waals surface area contributed by atoms with Gasteiger partial charge in [-0.15, -0.1) is 0 Å². The molecular weight excluding hydrogens is 258 g/mol. The van der Waals surface area contributed by atoms with Crippen LogP contribution in [0, 0.1) is 11.6 Å². The van der Waals surface area contributed by atoms with E-state index in [1.807, 2.05) is 0 Å². The highest BCUT2D eigenvalue weighted by molar-refractivity contribution is 5.87. The summed E-state index contributed by atoms with van der Waals surface area (Å²) in [7, 11) is 2.73. The van der Waals surface area contributed by atoms with Crippen LogP contribution in [-0.2, 0) is 7.05 Å². The fourth-order valence-electron chi connectivity index (χ4n) is 1.71. The van der Waals surface area contributed by atoms with E-state index in [2.05, 4.69) is 5.10 Å². The molecule has 0 aliphatic carbocycles. The lowest BCUT2D eigenvalue weighted by molar-refractivity contribution is 0.0689. The van der Waals surface area contributed by atoms with Crippen LogP contribution in [0.1, 0.15) is 10.5 Å². The number of benzene rings is 1. The normalized spacial score (nSPS) is 10.5. The third-order valence-electron chi connectivity index (χ3n) is 2.62. The van der Waals surface area contributed by atoms with Gasteiger partial charge in [0.1, 0.15) is 5.82 Å². The first-order chi connectivity index (χ1) is 8.93. The van der Waals surface area contributed by atoms with Crippen molar-refractivity contribution in [1.29, 1.82) is 0 Å². The SMILES string of the molecule is COc1cc(-c2cc(C(=O)O)nn2C)c(F)cc1F. The van der Waals surface area contributed by atoms with Gasteiger partial charge >= 0.3 is 5.97 Å². The Morgan fingerprint density at radius 2 is 2.00 bits per heavy atom. The molecule has 1 heterocycles. The number of nitrogens with zero attached hydrogens (tertiary/aromatic N) is 2. The van der Waals surface area contributed by atoms with Gasteiger partial charge in [-0.2, -0.15) is 5.10 Å². The highest BCUT2D eigenvalue weighted by atomic mass is 19.1. The minimum atomic E-state index is -1.23. The molecule has 1 N–H and O–H groups in total. The summed E-state index contributed by atoms with van der Waals surface area (Å²) in [6.07, 6.45) is 0. The molecule has 0 saturated heterocycles. The van der Waals surface area contributed by atoms with Gasteiger partial charge in [0.15, 0.2) is 17.3 Å². The van der Waals surface area contributed by atoms with E-state index in [9.17, 15) is 13.6 Å². The van der Waals surface area contributed by atoms with E-state index in [1.54, 1.807) is 0 Å². The Morgan fingerprint density at radius 1 is 1.32 bits per heavy atom. The number of rotatable bonds is 3. The zero-order valence-electron chi connectivity index (χ0n) is 10.1. The van der Waals surface area contributed by atoms with Gasteiger partial charge in [0, 0.05) is 18.7 Å². The molecule has 0 saturated carbocycles. The summed E-state index contributed by atoms with van der Waals surface area (Å²) in [5.41, 5.74) is 0.00846. The highest BCUT2D eigenvalue weighted by Gasteiger charge is 2.18. The number of carboxylic acid groups (broad SMARTS) is 1. The number of carbonyl (C=O) groups is 1. The minimum Gasteiger partial charge on any atom is -0.494 e. The second-order valence-electron chi connectivity index (χ2n) is 3.81. The predicted molar refractivity (Wildman–Crippen MR) is 62.1 cm³/mol. The molecule has 0 atom stereocenters. The van der Waals surface area contributed by atoms with Gasteiger partial charge in [-0.1, -0.05) is 0 Å². The predicted octanol–water partition coefficient (Wildman–Crippen LogP) is 2.07. The first kappa shape index (κ1) is 13.0. The van der Waals surface area contributed by atoms with E-state index in [0.717, 1.165) is 6.07 Å². The summed E-state index contributed by atoms with van der Waals surface area (Å²) in [4.78, 5) is 10.8. The smallest absolute Gasteiger partial charge is 0.356 e. The average molecular weight is 268 g/mol. The van der Waals surface area contributed by atoms with Gasteiger partial charge in [-0.3, -0.25) is 4.68 Å². The van der Waals surface area contributed by atoms with E-state index in [0.29, 0.717) is 6.07 Å². The molecule has 7 heteroatoms. The Bertz CT molecular complexity index is 653. The van der Waals surface area contributed by atoms with Gasteiger partial charge in [-0.25, -0.2) is 13.6 Å². The van der Waals surface area contributed by atoms with E-state index >= 15 is 0 Å². The quantitative estimate of drug-likeness (QED) is 0.925. The third-order valence-corrected chi connectivity index (χ3v) is 2.62. The Balaban J connectivity index is 2.61. The molecule has 19 heavy (non-hydrogen) atoms. The number of hydrogen-bond acceptors (Lipinski definition) is 3. The van der Waals surface area contributed by atoms with Crippen LogP contribution in [0.4, 0.5) is 8.78 Å². The van der Waals surface area contributed by atoms with Gasteiger partial charge in [0.05, 0.1) is 12.8 Å². The number of hydrogen-bond donors (Lipinski definition) is 1. The van der Waals surface area contributed by atoms with Gasteiger partial charge in [0.25, 0.3) is 0 Å². The topological polar surface area (TPSA) is 64.3 Å². The van der Waals surface area contributed by atoms with E-state index in [1.165, 1.54) is 24.9 Å². The van der Waals surface area contributed by atoms with Gasteiger partial charge < -0.3 is 9.84 Å². The van der Waals surface area contributed by atoms with Crippen molar-refractivity contribution in [2.24, 2.45) is 7.05 Å². The van der Waals surface area contributed by atoms with Crippen molar-refractivity contribution in [1.82, 2.24) is 9.78 Å². The number of aromatic carboxylic acids is 1. The zero-order chi connectivity index (χ0) is 14.2. The van der Waals surface area contributed by atoms with Crippen LogP contribution in [0.15, 0.2) is 18.2 Å². The minimum absolute atomic E-state index is 0.0146. The molecule has 2 rings (SSSR count). The van der Waals surface area contributed by atoms with Crippen LogP contribution >= 0.6 is 0 Å². The first-order valence-corrected chi connectivity index (χ1v) is 5.24. The molecule has 1 aromatic carbocycles. The van der Waals surface area contributed by atoms with Crippen LogP contribution in [-0.4, -0.2) is 28.0 Å². The highest BCUT2D eigenvalue weighted by Crippen LogP contribution is 2.29. The van der Waals surface area contributed by atoms with Crippen LogP contribution in [0.2, 0.25) is 0 Å². The summed E-state index contributed by atoms with van der Waals surface area (Å²) in [5.74, 6) is -3.01. The third kappa shape index (κ3) is 2.26. The molecular formula is C12H10F2N2O3. The number of ether oxygens (including phenoxy) is 1. The summed E-state index contributed by atoms with van der Waals surface area (Å²) < 4.78 is 33.0. The van der Waals surface area contributed by atoms with Crippen molar-refractivity contribution in [3.8, 4) is 17.0 Å². The largest absolute Gasteiger partial charge is 0.494 e. The molecule has 2 aromatic rings. The Hall–Kier alpha value is -2.44. The molecule has 0 aliphatic heterocycles. The summed E-state index contributed by atoms with van der Waals surface area (Å²) in [5, 5.41) is 12.6. The molecule has 0 aliphatic rings. The number of methoxy groups -OCH3 is 1. The first-order valence-electron chi connectivity index (χ1n) is 5.24. The van der Waals surface area contributed by atoms with Crippen LogP contribution in [0.5, 0.6) is 5.75 Å². The lowest BCUT2D eigenvalue weighted by atomic mass is 10.1. The average Bonchev–Trinajstić information content (AvgIpc) is 2.72. The second kappa shape index (κ2) is 4.68. The molecule has 1 aromatic heterocycles. The maximum Gasteiger partial charge on any atom is 0.356 e. The molecule has 0 unspecified atom stereocenters. The molecule has 0 spiro atoms. The summed E-state index contributed by atoms with van der Waals surface area (Å²) in [6, 6.07) is 3.05. The molecule has 100 valence electrons. The van der Waals surface area contributed by atoms with Crippen molar-refractivity contribution < 1.29 is 23.4 Å². The van der Waals surface area contributed by atoms with Crippen LogP contribution in [0.3, 0.4) is 0 Å². The van der Waals surface area contributed by atoms with Crippen LogP contribution in [0.25, 0.3) is 11.3 Å². The standard InChI is InChI=1S/C12H10F2N2O3/c1-16-10(5-9(15-16)12(17)18)6-3-11(19-2)8(14)4-7(6)13/h3-5H,1-2H3,(H,17,18). The van der Waals surface area contributed by atoms with Crippen molar-refractivity contribution in [2.45, 2.75) is 0 Å². The van der Waals surface area contributed by atoms with Gasteiger partial charge in [-0.05, 0) is 12.1 Å². The van der Waals surface area contributed by atoms with Crippen LogP contribution < -0.4 is 4.74 Å². The van der Waals surface area contributed by atoms with E-state index < -0.39 is 17.6 Å². The zero-order valence-corrected chi connectivity index (χ0v) is 10.1. The fraction of sp³-hybridized carbons (Fsp3) is 0.167. The maximum absolute atomic E-state index is 13.8. The summed E-state index contributed by atoms with van der Waals surface area (Å²) in [6.45, 7) is 0. The monoisotopic (exact) mass is 268 g/mol. The lowest BCUT2D eigenvalue weighted by Gasteiger charge is -2.07. The van der Waals surface area contributed by atoms with Gasteiger partial charge in [0.2, 0.25) is 0 Å². The lowest BCUT2D eigenvalue weighted by Crippen LogP contribution is -2.00. The Labute approximate surface area is 107 Å². The van der Waals surface area contributed by atoms with E-state index in [4.69, 9.17) is 9.84 Å². The fourth-order valence-corrected chi connectivity index (χ4v) is 1.71. The van der Waals surface area contributed by atoms with Crippen molar-refractivity contribution >= 4 is 5.97 Å². The summed E-state index contributed by atoms with van der Waals surface area (Å²) >= 11 is 0. The number of halogens is 2. The Kier molecular flexibility index (Phi) is 3.20.